The maximum absolute atomic E-state index is 11.7. The quantitative estimate of drug-likeness (QED) is 0.823. The number of rotatable bonds is 5. The summed E-state index contributed by atoms with van der Waals surface area (Å²) in [5.41, 5.74) is 1.60. The maximum atomic E-state index is 11.7. The van der Waals surface area contributed by atoms with Gasteiger partial charge in [0.25, 0.3) is 0 Å². The van der Waals surface area contributed by atoms with Crippen molar-refractivity contribution in [2.75, 3.05) is 38.6 Å². The molecular weight excluding hydrogens is 332 g/mol. The Balaban J connectivity index is 1.93. The molecule has 5 heteroatoms. The van der Waals surface area contributed by atoms with Crippen molar-refractivity contribution < 1.29 is 9.53 Å². The third-order valence-electron chi connectivity index (χ3n) is 3.78. The molecule has 1 aliphatic rings. The van der Waals surface area contributed by atoms with Crippen molar-refractivity contribution >= 4 is 27.6 Å². The van der Waals surface area contributed by atoms with Crippen molar-refractivity contribution in [3.63, 3.8) is 0 Å². The average molecular weight is 355 g/mol. The van der Waals surface area contributed by atoms with E-state index < -0.39 is 0 Å². The van der Waals surface area contributed by atoms with E-state index in [0.29, 0.717) is 18.1 Å². The Hall–Kier alpha value is -1.07. The van der Waals surface area contributed by atoms with Gasteiger partial charge < -0.3 is 15.0 Å². The van der Waals surface area contributed by atoms with Crippen LogP contribution >= 0.6 is 15.9 Å². The number of carbonyl (C=O) groups is 1. The van der Waals surface area contributed by atoms with Gasteiger partial charge in [0, 0.05) is 23.2 Å². The van der Waals surface area contributed by atoms with Crippen LogP contribution in [0.1, 0.15) is 30.1 Å². The van der Waals surface area contributed by atoms with Gasteiger partial charge in [0.2, 0.25) is 0 Å². The summed E-state index contributed by atoms with van der Waals surface area (Å²) in [5, 5.41) is 3.48. The summed E-state index contributed by atoms with van der Waals surface area (Å²) in [4.78, 5) is 14.1. The zero-order chi connectivity index (χ0) is 15.2. The number of benzene rings is 1. The topological polar surface area (TPSA) is 41.6 Å². The number of ether oxygens (including phenoxy) is 1. The second-order valence-electron chi connectivity index (χ2n) is 5.57. The molecule has 0 amide bonds. The van der Waals surface area contributed by atoms with E-state index in [9.17, 15) is 4.79 Å². The van der Waals surface area contributed by atoms with Gasteiger partial charge in [-0.3, -0.25) is 0 Å². The molecule has 1 aromatic rings. The highest BCUT2D eigenvalue weighted by Gasteiger charge is 2.17. The summed E-state index contributed by atoms with van der Waals surface area (Å²) in [6.45, 7) is 5.51. The van der Waals surface area contributed by atoms with Crippen LogP contribution in [0.25, 0.3) is 0 Å². The average Bonchev–Trinajstić information content (AvgIpc) is 2.46. The number of carbonyl (C=O) groups excluding carboxylic acids is 1. The molecule has 1 N–H and O–H groups in total. The van der Waals surface area contributed by atoms with Gasteiger partial charge in [-0.2, -0.15) is 0 Å². The first kappa shape index (κ1) is 16.3. The summed E-state index contributed by atoms with van der Waals surface area (Å²) in [6, 6.07) is 5.55. The van der Waals surface area contributed by atoms with Crippen molar-refractivity contribution in [1.82, 2.24) is 4.90 Å². The number of hydrogen-bond donors (Lipinski definition) is 1. The molecule has 1 atom stereocenters. The smallest absolute Gasteiger partial charge is 0.338 e. The van der Waals surface area contributed by atoms with Gasteiger partial charge in [0.05, 0.1) is 12.2 Å². The lowest BCUT2D eigenvalue weighted by atomic mass is 9.98. The minimum Gasteiger partial charge on any atom is -0.462 e. The zero-order valence-corrected chi connectivity index (χ0v) is 14.3. The lowest BCUT2D eigenvalue weighted by molar-refractivity contribution is 0.0526. The molecule has 1 fully saturated rings. The third kappa shape index (κ3) is 4.71. The van der Waals surface area contributed by atoms with Crippen LogP contribution in [0.2, 0.25) is 0 Å². The zero-order valence-electron chi connectivity index (χ0n) is 12.7. The molecule has 21 heavy (non-hydrogen) atoms. The first-order valence-electron chi connectivity index (χ1n) is 7.49. The van der Waals surface area contributed by atoms with E-state index in [0.717, 1.165) is 23.2 Å². The van der Waals surface area contributed by atoms with E-state index in [4.69, 9.17) is 4.74 Å². The van der Waals surface area contributed by atoms with Crippen molar-refractivity contribution in [3.05, 3.63) is 28.2 Å². The number of nitrogens with zero attached hydrogens (tertiary/aromatic N) is 1. The van der Waals surface area contributed by atoms with Crippen molar-refractivity contribution in [3.8, 4) is 0 Å². The molecule has 1 saturated heterocycles. The number of halogens is 1. The molecule has 2 rings (SSSR count). The SMILES string of the molecule is CCOC(=O)c1ccc(NCC2CCCN(C)C2)c(Br)c1. The Labute approximate surface area is 135 Å². The Morgan fingerprint density at radius 1 is 1.52 bits per heavy atom. The summed E-state index contributed by atoms with van der Waals surface area (Å²) in [7, 11) is 2.18. The van der Waals surface area contributed by atoms with Gasteiger partial charge in [-0.1, -0.05) is 0 Å². The van der Waals surface area contributed by atoms with Crippen LogP contribution in [0.3, 0.4) is 0 Å². The molecular formula is C16H23BrN2O2. The number of likely N-dealkylation sites (tertiary alicyclic amines) is 1. The molecule has 0 saturated carbocycles. The highest BCUT2D eigenvalue weighted by atomic mass is 79.9. The van der Waals surface area contributed by atoms with E-state index in [1.54, 1.807) is 6.07 Å². The number of hydrogen-bond acceptors (Lipinski definition) is 4. The summed E-state index contributed by atoms with van der Waals surface area (Å²) in [6.07, 6.45) is 2.54. The monoisotopic (exact) mass is 354 g/mol. The fourth-order valence-corrected chi connectivity index (χ4v) is 3.21. The minimum absolute atomic E-state index is 0.279. The summed E-state index contributed by atoms with van der Waals surface area (Å²) in [5.74, 6) is 0.402. The van der Waals surface area contributed by atoms with E-state index in [2.05, 4.69) is 33.2 Å². The van der Waals surface area contributed by atoms with Crippen LogP contribution in [0.4, 0.5) is 5.69 Å². The van der Waals surface area contributed by atoms with Gasteiger partial charge in [0.1, 0.15) is 0 Å². The molecule has 0 bridgehead atoms. The predicted molar refractivity (Wildman–Crippen MR) is 88.8 cm³/mol. The van der Waals surface area contributed by atoms with Crippen molar-refractivity contribution in [1.29, 1.82) is 0 Å². The summed E-state index contributed by atoms with van der Waals surface area (Å²) >= 11 is 3.52. The van der Waals surface area contributed by atoms with Crippen LogP contribution in [0.15, 0.2) is 22.7 Å². The van der Waals surface area contributed by atoms with Gasteiger partial charge in [0.15, 0.2) is 0 Å². The minimum atomic E-state index is -0.279. The van der Waals surface area contributed by atoms with Crippen LogP contribution in [0.5, 0.6) is 0 Å². The van der Waals surface area contributed by atoms with Crippen molar-refractivity contribution in [2.24, 2.45) is 5.92 Å². The van der Waals surface area contributed by atoms with Gasteiger partial charge in [-0.15, -0.1) is 0 Å². The molecule has 1 aliphatic heterocycles. The largest absolute Gasteiger partial charge is 0.462 e. The van der Waals surface area contributed by atoms with Crippen LogP contribution in [-0.4, -0.2) is 44.2 Å². The molecule has 1 aromatic carbocycles. The van der Waals surface area contributed by atoms with Crippen molar-refractivity contribution in [2.45, 2.75) is 19.8 Å². The Morgan fingerprint density at radius 2 is 2.33 bits per heavy atom. The fourth-order valence-electron chi connectivity index (χ4n) is 2.69. The molecule has 0 spiro atoms. The van der Waals surface area contributed by atoms with E-state index >= 15 is 0 Å². The van der Waals surface area contributed by atoms with Crippen LogP contribution in [-0.2, 0) is 4.74 Å². The van der Waals surface area contributed by atoms with E-state index in [1.165, 1.54) is 19.4 Å². The maximum Gasteiger partial charge on any atom is 0.338 e. The standard InChI is InChI=1S/C16H23BrN2O2/c1-3-21-16(20)13-6-7-15(14(17)9-13)18-10-12-5-4-8-19(2)11-12/h6-7,9,12,18H,3-5,8,10-11H2,1-2H3. The number of anilines is 1. The highest BCUT2D eigenvalue weighted by Crippen LogP contribution is 2.25. The van der Waals surface area contributed by atoms with Crippen LogP contribution in [0, 0.1) is 5.92 Å². The fraction of sp³-hybridized carbons (Fsp3) is 0.562. The Kier molecular flexibility index (Phi) is 6.06. The highest BCUT2D eigenvalue weighted by molar-refractivity contribution is 9.10. The first-order chi connectivity index (χ1) is 10.1. The lowest BCUT2D eigenvalue weighted by Crippen LogP contribution is -2.35. The second kappa shape index (κ2) is 7.80. The molecule has 0 radical (unpaired) electrons. The second-order valence-corrected chi connectivity index (χ2v) is 6.42. The number of esters is 1. The number of piperidine rings is 1. The third-order valence-corrected chi connectivity index (χ3v) is 4.44. The molecule has 4 nitrogen and oxygen atoms in total. The van der Waals surface area contributed by atoms with E-state index in [-0.39, 0.29) is 5.97 Å². The first-order valence-corrected chi connectivity index (χ1v) is 8.28. The lowest BCUT2D eigenvalue weighted by Gasteiger charge is -2.30. The van der Waals surface area contributed by atoms with Crippen LogP contribution < -0.4 is 5.32 Å². The molecule has 1 unspecified atom stereocenters. The molecule has 1 heterocycles. The van der Waals surface area contributed by atoms with Gasteiger partial charge in [-0.05, 0) is 73.4 Å². The molecule has 0 aliphatic carbocycles. The van der Waals surface area contributed by atoms with E-state index in [1.807, 2.05) is 19.1 Å². The summed E-state index contributed by atoms with van der Waals surface area (Å²) < 4.78 is 5.90. The molecule has 0 aromatic heterocycles. The molecule has 116 valence electrons. The van der Waals surface area contributed by atoms with Gasteiger partial charge >= 0.3 is 5.97 Å². The number of nitrogens with one attached hydrogen (secondary N) is 1. The predicted octanol–water partition coefficient (Wildman–Crippen LogP) is 3.38. The Morgan fingerprint density at radius 3 is 3.00 bits per heavy atom. The van der Waals surface area contributed by atoms with Gasteiger partial charge in [-0.25, -0.2) is 4.79 Å². The Bertz CT molecular complexity index is 493. The normalized spacial score (nSPS) is 19.3.